The van der Waals surface area contributed by atoms with Crippen LogP contribution in [0.25, 0.3) is 0 Å². The standard InChI is InChI=1S/C18H18ClN3O5/c1-11(2)20-18(24)15-8-3-12(19)9-16(15)21-17(23)10-27-14-6-4-13(5-7-14)22(25)26/h3-9,11H,10H2,1-2H3,(H,20,24)(H,21,23). The number of amides is 2. The first-order valence-electron chi connectivity index (χ1n) is 8.04. The number of rotatable bonds is 7. The molecule has 0 fully saturated rings. The van der Waals surface area contributed by atoms with E-state index in [0.717, 1.165) is 0 Å². The quantitative estimate of drug-likeness (QED) is 0.555. The molecule has 9 heteroatoms. The molecule has 2 aromatic rings. The van der Waals surface area contributed by atoms with E-state index in [9.17, 15) is 19.7 Å². The summed E-state index contributed by atoms with van der Waals surface area (Å²) in [4.78, 5) is 34.5. The highest BCUT2D eigenvalue weighted by Crippen LogP contribution is 2.22. The van der Waals surface area contributed by atoms with Crippen LogP contribution in [0.3, 0.4) is 0 Å². The van der Waals surface area contributed by atoms with Crippen LogP contribution in [0.5, 0.6) is 5.75 Å². The number of nitrogens with one attached hydrogen (secondary N) is 2. The van der Waals surface area contributed by atoms with Gasteiger partial charge < -0.3 is 15.4 Å². The molecule has 0 radical (unpaired) electrons. The second kappa shape index (κ2) is 9.00. The van der Waals surface area contributed by atoms with Gasteiger partial charge in [-0.25, -0.2) is 0 Å². The summed E-state index contributed by atoms with van der Waals surface area (Å²) >= 11 is 5.95. The van der Waals surface area contributed by atoms with Gasteiger partial charge in [0.25, 0.3) is 17.5 Å². The topological polar surface area (TPSA) is 111 Å². The molecule has 0 atom stereocenters. The van der Waals surface area contributed by atoms with Gasteiger partial charge in [-0.15, -0.1) is 0 Å². The van der Waals surface area contributed by atoms with Gasteiger partial charge in [0.05, 0.1) is 16.2 Å². The molecule has 142 valence electrons. The van der Waals surface area contributed by atoms with E-state index in [-0.39, 0.29) is 35.5 Å². The third-order valence-electron chi connectivity index (χ3n) is 3.34. The fraction of sp³-hybridized carbons (Fsp3) is 0.222. The summed E-state index contributed by atoms with van der Waals surface area (Å²) < 4.78 is 5.30. The molecule has 0 aromatic heterocycles. The van der Waals surface area contributed by atoms with Crippen molar-refractivity contribution in [1.29, 1.82) is 0 Å². The maximum atomic E-state index is 12.2. The van der Waals surface area contributed by atoms with Gasteiger partial charge >= 0.3 is 0 Å². The number of anilines is 1. The number of hydrogen-bond acceptors (Lipinski definition) is 5. The Morgan fingerprint density at radius 3 is 2.44 bits per heavy atom. The average molecular weight is 392 g/mol. The van der Waals surface area contributed by atoms with Crippen molar-refractivity contribution in [3.63, 3.8) is 0 Å². The molecule has 0 aliphatic carbocycles. The minimum absolute atomic E-state index is 0.0674. The van der Waals surface area contributed by atoms with Crippen LogP contribution in [-0.2, 0) is 4.79 Å². The van der Waals surface area contributed by atoms with Crippen molar-refractivity contribution in [3.05, 3.63) is 63.2 Å². The van der Waals surface area contributed by atoms with Crippen LogP contribution in [0, 0.1) is 10.1 Å². The van der Waals surface area contributed by atoms with E-state index in [2.05, 4.69) is 10.6 Å². The smallest absolute Gasteiger partial charge is 0.269 e. The van der Waals surface area contributed by atoms with Crippen molar-refractivity contribution in [2.45, 2.75) is 19.9 Å². The SMILES string of the molecule is CC(C)NC(=O)c1ccc(Cl)cc1NC(=O)COc1ccc([N+](=O)[O-])cc1. The fourth-order valence-electron chi connectivity index (χ4n) is 2.16. The van der Waals surface area contributed by atoms with Gasteiger partial charge in [0.15, 0.2) is 6.61 Å². The molecule has 0 heterocycles. The lowest BCUT2D eigenvalue weighted by Crippen LogP contribution is -2.31. The van der Waals surface area contributed by atoms with E-state index >= 15 is 0 Å². The molecule has 0 saturated heterocycles. The molecule has 8 nitrogen and oxygen atoms in total. The number of carbonyl (C=O) groups excluding carboxylic acids is 2. The number of hydrogen-bond donors (Lipinski definition) is 2. The molecule has 2 aromatic carbocycles. The molecule has 0 unspecified atom stereocenters. The zero-order chi connectivity index (χ0) is 20.0. The molecule has 0 bridgehead atoms. The number of halogens is 1. The Balaban J connectivity index is 2.03. The van der Waals surface area contributed by atoms with Gasteiger partial charge in [0, 0.05) is 23.2 Å². The molecule has 2 amide bonds. The van der Waals surface area contributed by atoms with Gasteiger partial charge in [0.1, 0.15) is 5.75 Å². The minimum Gasteiger partial charge on any atom is -0.484 e. The maximum absolute atomic E-state index is 12.2. The summed E-state index contributed by atoms with van der Waals surface area (Å²) in [5.41, 5.74) is 0.460. The molecule has 27 heavy (non-hydrogen) atoms. The summed E-state index contributed by atoms with van der Waals surface area (Å²) in [6.07, 6.45) is 0. The summed E-state index contributed by atoms with van der Waals surface area (Å²) in [7, 11) is 0. The number of carbonyl (C=O) groups is 2. The Bertz CT molecular complexity index is 853. The second-order valence-electron chi connectivity index (χ2n) is 5.91. The maximum Gasteiger partial charge on any atom is 0.269 e. The lowest BCUT2D eigenvalue weighted by Gasteiger charge is -2.14. The summed E-state index contributed by atoms with van der Waals surface area (Å²) in [6.45, 7) is 3.31. The predicted octanol–water partition coefficient (Wildman–Crippen LogP) is 3.40. The fourth-order valence-corrected chi connectivity index (χ4v) is 2.33. The number of nitro benzene ring substituents is 1. The third-order valence-corrected chi connectivity index (χ3v) is 3.57. The minimum atomic E-state index is -0.528. The van der Waals surface area contributed by atoms with Crippen molar-refractivity contribution in [2.75, 3.05) is 11.9 Å². The highest BCUT2D eigenvalue weighted by Gasteiger charge is 2.15. The molecular formula is C18H18ClN3O5. The van der Waals surface area contributed by atoms with Gasteiger partial charge in [-0.05, 0) is 44.2 Å². The van der Waals surface area contributed by atoms with Crippen LogP contribution >= 0.6 is 11.6 Å². The Morgan fingerprint density at radius 2 is 1.85 bits per heavy atom. The highest BCUT2D eigenvalue weighted by atomic mass is 35.5. The van der Waals surface area contributed by atoms with E-state index < -0.39 is 10.8 Å². The Kier molecular flexibility index (Phi) is 6.73. The lowest BCUT2D eigenvalue weighted by atomic mass is 10.1. The van der Waals surface area contributed by atoms with Crippen LogP contribution in [0.15, 0.2) is 42.5 Å². The molecule has 0 saturated carbocycles. The molecule has 0 aliphatic rings. The first-order valence-corrected chi connectivity index (χ1v) is 8.41. The van der Waals surface area contributed by atoms with Gasteiger partial charge in [0.2, 0.25) is 0 Å². The van der Waals surface area contributed by atoms with E-state index in [1.165, 1.54) is 36.4 Å². The summed E-state index contributed by atoms with van der Waals surface area (Å²) in [5, 5.41) is 16.3. The lowest BCUT2D eigenvalue weighted by molar-refractivity contribution is -0.384. The number of nitrogens with zero attached hydrogens (tertiary/aromatic N) is 1. The number of non-ortho nitro benzene ring substituents is 1. The largest absolute Gasteiger partial charge is 0.484 e. The highest BCUT2D eigenvalue weighted by molar-refractivity contribution is 6.31. The van der Waals surface area contributed by atoms with Crippen LogP contribution in [-0.4, -0.2) is 29.4 Å². The second-order valence-corrected chi connectivity index (χ2v) is 6.34. The van der Waals surface area contributed by atoms with Crippen molar-refractivity contribution in [2.24, 2.45) is 0 Å². The van der Waals surface area contributed by atoms with Crippen molar-refractivity contribution < 1.29 is 19.2 Å². The van der Waals surface area contributed by atoms with Gasteiger partial charge in [-0.1, -0.05) is 11.6 Å². The average Bonchev–Trinajstić information content (AvgIpc) is 2.59. The normalized spacial score (nSPS) is 10.4. The van der Waals surface area contributed by atoms with Crippen molar-refractivity contribution in [1.82, 2.24) is 5.32 Å². The first-order chi connectivity index (χ1) is 12.8. The van der Waals surface area contributed by atoms with Crippen LogP contribution in [0.4, 0.5) is 11.4 Å². The number of ether oxygens (including phenoxy) is 1. The van der Waals surface area contributed by atoms with E-state index in [4.69, 9.17) is 16.3 Å². The zero-order valence-electron chi connectivity index (χ0n) is 14.7. The van der Waals surface area contributed by atoms with Crippen molar-refractivity contribution in [3.8, 4) is 5.75 Å². The molecular weight excluding hydrogens is 374 g/mol. The summed E-state index contributed by atoms with van der Waals surface area (Å²) in [6, 6.07) is 9.82. The van der Waals surface area contributed by atoms with Gasteiger partial charge in [-0.3, -0.25) is 19.7 Å². The van der Waals surface area contributed by atoms with E-state index in [1.54, 1.807) is 6.07 Å². The van der Waals surface area contributed by atoms with Crippen molar-refractivity contribution >= 4 is 34.8 Å². The first kappa shape index (κ1) is 20.2. The van der Waals surface area contributed by atoms with Gasteiger partial charge in [-0.2, -0.15) is 0 Å². The Morgan fingerprint density at radius 1 is 1.19 bits per heavy atom. The van der Waals surface area contributed by atoms with Crippen LogP contribution < -0.4 is 15.4 Å². The predicted molar refractivity (Wildman–Crippen MR) is 101 cm³/mol. The molecule has 2 N–H and O–H groups in total. The monoisotopic (exact) mass is 391 g/mol. The summed E-state index contributed by atoms with van der Waals surface area (Å²) in [5.74, 6) is -0.540. The molecule has 2 rings (SSSR count). The van der Waals surface area contributed by atoms with E-state index in [0.29, 0.717) is 10.8 Å². The number of nitro groups is 1. The Hall–Kier alpha value is -3.13. The zero-order valence-corrected chi connectivity index (χ0v) is 15.4. The van der Waals surface area contributed by atoms with E-state index in [1.807, 2.05) is 13.8 Å². The number of benzene rings is 2. The Labute approximate surface area is 160 Å². The molecule has 0 aliphatic heterocycles. The third kappa shape index (κ3) is 5.96. The van der Waals surface area contributed by atoms with Crippen LogP contribution in [0.1, 0.15) is 24.2 Å². The molecule has 0 spiro atoms. The van der Waals surface area contributed by atoms with Crippen LogP contribution in [0.2, 0.25) is 5.02 Å².